The zero-order valence-electron chi connectivity index (χ0n) is 11.7. The van der Waals surface area contributed by atoms with E-state index < -0.39 is 0 Å². The molecule has 0 bridgehead atoms. The van der Waals surface area contributed by atoms with Gasteiger partial charge >= 0.3 is 0 Å². The number of amides is 2. The second-order valence-corrected chi connectivity index (χ2v) is 5.19. The lowest BCUT2D eigenvalue weighted by molar-refractivity contribution is -0.136. The largest absolute Gasteiger partial charge is 0.484 e. The number of primary amides is 1. The third kappa shape index (κ3) is 3.73. The molecule has 0 saturated carbocycles. The van der Waals surface area contributed by atoms with Crippen molar-refractivity contribution in [2.45, 2.75) is 19.8 Å². The van der Waals surface area contributed by atoms with Gasteiger partial charge in [0.1, 0.15) is 5.75 Å². The first-order valence-electron chi connectivity index (χ1n) is 6.83. The number of nitrogens with zero attached hydrogens (tertiary/aromatic N) is 1. The Morgan fingerprint density at radius 1 is 1.45 bits per heavy atom. The Kier molecular flexibility index (Phi) is 4.61. The summed E-state index contributed by atoms with van der Waals surface area (Å²) in [5.41, 5.74) is 6.39. The van der Waals surface area contributed by atoms with Crippen LogP contribution >= 0.6 is 0 Å². The van der Waals surface area contributed by atoms with Crippen LogP contribution in [0.5, 0.6) is 5.75 Å². The molecule has 1 aliphatic heterocycles. The molecule has 1 fully saturated rings. The van der Waals surface area contributed by atoms with Crippen LogP contribution in [0.3, 0.4) is 0 Å². The molecule has 1 atom stereocenters. The van der Waals surface area contributed by atoms with Crippen molar-refractivity contribution in [2.24, 2.45) is 11.7 Å². The minimum atomic E-state index is -0.331. The average molecular weight is 276 g/mol. The van der Waals surface area contributed by atoms with E-state index in [-0.39, 0.29) is 24.3 Å². The summed E-state index contributed by atoms with van der Waals surface area (Å²) in [6.07, 6.45) is 1.57. The number of aryl methyl sites for hydroxylation is 1. The van der Waals surface area contributed by atoms with E-state index in [1.54, 1.807) is 4.90 Å². The van der Waals surface area contributed by atoms with Gasteiger partial charge in [0.05, 0.1) is 5.92 Å². The predicted molar refractivity (Wildman–Crippen MR) is 75.2 cm³/mol. The number of benzene rings is 1. The van der Waals surface area contributed by atoms with Crippen LogP contribution in [-0.2, 0) is 9.59 Å². The fourth-order valence-corrected chi connectivity index (χ4v) is 2.38. The number of likely N-dealkylation sites (tertiary alicyclic amines) is 1. The van der Waals surface area contributed by atoms with E-state index in [4.69, 9.17) is 10.5 Å². The second kappa shape index (κ2) is 6.41. The number of carbonyl (C=O) groups excluding carboxylic acids is 2. The summed E-state index contributed by atoms with van der Waals surface area (Å²) >= 11 is 0. The number of hydrogen-bond acceptors (Lipinski definition) is 3. The van der Waals surface area contributed by atoms with Gasteiger partial charge in [0, 0.05) is 13.1 Å². The quantitative estimate of drug-likeness (QED) is 0.895. The molecule has 20 heavy (non-hydrogen) atoms. The van der Waals surface area contributed by atoms with Crippen LogP contribution < -0.4 is 10.5 Å². The van der Waals surface area contributed by atoms with Gasteiger partial charge in [0.2, 0.25) is 5.91 Å². The highest BCUT2D eigenvalue weighted by Crippen LogP contribution is 2.17. The third-order valence-electron chi connectivity index (χ3n) is 3.53. The van der Waals surface area contributed by atoms with Crippen molar-refractivity contribution >= 4 is 11.8 Å². The van der Waals surface area contributed by atoms with Crippen molar-refractivity contribution < 1.29 is 14.3 Å². The molecule has 0 aliphatic carbocycles. The lowest BCUT2D eigenvalue weighted by Gasteiger charge is -2.31. The van der Waals surface area contributed by atoms with Crippen LogP contribution in [0, 0.1) is 12.8 Å². The lowest BCUT2D eigenvalue weighted by Crippen LogP contribution is -2.45. The fraction of sp³-hybridized carbons (Fsp3) is 0.467. The van der Waals surface area contributed by atoms with E-state index in [0.29, 0.717) is 18.8 Å². The molecule has 108 valence electrons. The maximum atomic E-state index is 12.1. The van der Waals surface area contributed by atoms with Crippen molar-refractivity contribution in [2.75, 3.05) is 19.7 Å². The van der Waals surface area contributed by atoms with Gasteiger partial charge < -0.3 is 15.4 Å². The molecule has 2 rings (SSSR count). The van der Waals surface area contributed by atoms with Crippen molar-refractivity contribution in [3.05, 3.63) is 29.8 Å². The van der Waals surface area contributed by atoms with Crippen molar-refractivity contribution in [1.29, 1.82) is 0 Å². The van der Waals surface area contributed by atoms with Gasteiger partial charge in [-0.3, -0.25) is 9.59 Å². The van der Waals surface area contributed by atoms with Crippen LogP contribution in [0.25, 0.3) is 0 Å². The third-order valence-corrected chi connectivity index (χ3v) is 3.53. The van der Waals surface area contributed by atoms with Gasteiger partial charge in [-0.25, -0.2) is 0 Å². The Morgan fingerprint density at radius 3 is 2.95 bits per heavy atom. The van der Waals surface area contributed by atoms with E-state index in [2.05, 4.69) is 0 Å². The zero-order chi connectivity index (χ0) is 14.5. The van der Waals surface area contributed by atoms with Crippen LogP contribution in [0.4, 0.5) is 0 Å². The number of nitrogens with two attached hydrogens (primary N) is 1. The van der Waals surface area contributed by atoms with Crippen LogP contribution in [0.15, 0.2) is 24.3 Å². The summed E-state index contributed by atoms with van der Waals surface area (Å²) in [7, 11) is 0. The summed E-state index contributed by atoms with van der Waals surface area (Å²) in [5, 5.41) is 0. The SMILES string of the molecule is Cc1cccc(OCC(=O)N2CCCC(C(N)=O)C2)c1. The zero-order valence-corrected chi connectivity index (χ0v) is 11.7. The topological polar surface area (TPSA) is 72.6 Å². The summed E-state index contributed by atoms with van der Waals surface area (Å²) in [4.78, 5) is 24.9. The van der Waals surface area contributed by atoms with E-state index in [1.165, 1.54) is 0 Å². The maximum Gasteiger partial charge on any atom is 0.260 e. The lowest BCUT2D eigenvalue weighted by atomic mass is 9.97. The predicted octanol–water partition coefficient (Wildman–Crippen LogP) is 1.10. The molecule has 0 aromatic heterocycles. The molecule has 0 spiro atoms. The Morgan fingerprint density at radius 2 is 2.25 bits per heavy atom. The standard InChI is InChI=1S/C15H20N2O3/c1-11-4-2-6-13(8-11)20-10-14(18)17-7-3-5-12(9-17)15(16)19/h2,4,6,8,12H,3,5,7,9-10H2,1H3,(H2,16,19). The number of hydrogen-bond donors (Lipinski definition) is 1. The highest BCUT2D eigenvalue weighted by molar-refractivity contribution is 5.81. The Hall–Kier alpha value is -2.04. The average Bonchev–Trinajstić information content (AvgIpc) is 2.45. The van der Waals surface area contributed by atoms with Gasteiger partial charge in [-0.05, 0) is 37.5 Å². The molecule has 0 radical (unpaired) electrons. The fourth-order valence-electron chi connectivity index (χ4n) is 2.38. The second-order valence-electron chi connectivity index (χ2n) is 5.19. The Bertz CT molecular complexity index is 502. The molecule has 2 amide bonds. The first-order valence-corrected chi connectivity index (χ1v) is 6.83. The molecule has 1 aromatic rings. The highest BCUT2D eigenvalue weighted by atomic mass is 16.5. The smallest absolute Gasteiger partial charge is 0.260 e. The summed E-state index contributed by atoms with van der Waals surface area (Å²) in [6.45, 7) is 3.04. The maximum absolute atomic E-state index is 12.1. The molecular weight excluding hydrogens is 256 g/mol. The van der Waals surface area contributed by atoms with Crippen molar-refractivity contribution in [3.63, 3.8) is 0 Å². The van der Waals surface area contributed by atoms with Crippen LogP contribution in [0.1, 0.15) is 18.4 Å². The molecular formula is C15H20N2O3. The normalized spacial score (nSPS) is 18.6. The van der Waals surface area contributed by atoms with Gasteiger partial charge in [0.15, 0.2) is 6.61 Å². The number of carbonyl (C=O) groups is 2. The number of ether oxygens (including phenoxy) is 1. The van der Waals surface area contributed by atoms with Crippen LogP contribution in [-0.4, -0.2) is 36.4 Å². The van der Waals surface area contributed by atoms with Crippen molar-refractivity contribution in [3.8, 4) is 5.75 Å². The number of rotatable bonds is 4. The Balaban J connectivity index is 1.87. The van der Waals surface area contributed by atoms with E-state index in [9.17, 15) is 9.59 Å². The highest BCUT2D eigenvalue weighted by Gasteiger charge is 2.26. The van der Waals surface area contributed by atoms with Gasteiger partial charge in [-0.15, -0.1) is 0 Å². The minimum Gasteiger partial charge on any atom is -0.484 e. The number of piperidine rings is 1. The van der Waals surface area contributed by atoms with E-state index in [1.807, 2.05) is 31.2 Å². The van der Waals surface area contributed by atoms with Gasteiger partial charge in [-0.1, -0.05) is 12.1 Å². The summed E-state index contributed by atoms with van der Waals surface area (Å²) < 4.78 is 5.49. The molecule has 5 heteroatoms. The first kappa shape index (κ1) is 14.4. The molecule has 1 saturated heterocycles. The summed E-state index contributed by atoms with van der Waals surface area (Å²) in [5.74, 6) is 0.0213. The first-order chi connectivity index (χ1) is 9.56. The Labute approximate surface area is 118 Å². The van der Waals surface area contributed by atoms with E-state index >= 15 is 0 Å². The van der Waals surface area contributed by atoms with E-state index in [0.717, 1.165) is 18.4 Å². The van der Waals surface area contributed by atoms with Gasteiger partial charge in [-0.2, -0.15) is 0 Å². The van der Waals surface area contributed by atoms with Crippen LogP contribution in [0.2, 0.25) is 0 Å². The molecule has 5 nitrogen and oxygen atoms in total. The molecule has 1 aromatic carbocycles. The molecule has 1 unspecified atom stereocenters. The monoisotopic (exact) mass is 276 g/mol. The van der Waals surface area contributed by atoms with Gasteiger partial charge in [0.25, 0.3) is 5.91 Å². The molecule has 1 aliphatic rings. The molecule has 2 N–H and O–H groups in total. The summed E-state index contributed by atoms with van der Waals surface area (Å²) in [6, 6.07) is 7.56. The van der Waals surface area contributed by atoms with Crippen molar-refractivity contribution in [1.82, 2.24) is 4.90 Å². The minimum absolute atomic E-state index is 0.00502. The molecule has 1 heterocycles.